The van der Waals surface area contributed by atoms with Gasteiger partial charge in [0.05, 0.1) is 11.4 Å². The van der Waals surface area contributed by atoms with E-state index in [4.69, 9.17) is 5.73 Å². The number of carbonyl (C=O) groups excluding carboxylic acids is 1. The summed E-state index contributed by atoms with van der Waals surface area (Å²) in [6.45, 7) is 6.47. The van der Waals surface area contributed by atoms with Crippen LogP contribution in [-0.4, -0.2) is 11.0 Å². The van der Waals surface area contributed by atoms with E-state index in [1.165, 1.54) is 4.88 Å². The van der Waals surface area contributed by atoms with Gasteiger partial charge in [-0.1, -0.05) is 32.5 Å². The molecular weight excluding hydrogens is 362 g/mol. The topological polar surface area (TPSA) is 59.2 Å². The van der Waals surface area contributed by atoms with Crippen molar-refractivity contribution in [3.05, 3.63) is 65.1 Å². The second kappa shape index (κ2) is 7.51. The third kappa shape index (κ3) is 4.26. The molecule has 0 spiro atoms. The Morgan fingerprint density at radius 3 is 2.19 bits per heavy atom. The number of thiophene rings is 1. The van der Waals surface area contributed by atoms with E-state index in [2.05, 4.69) is 25.8 Å². The minimum absolute atomic E-state index is 0.0390. The van der Waals surface area contributed by atoms with E-state index >= 15 is 0 Å². The largest absolute Gasteiger partial charge is 0.351 e. The fourth-order valence-electron chi connectivity index (χ4n) is 2.45. The molecule has 0 fully saturated rings. The van der Waals surface area contributed by atoms with E-state index in [9.17, 15) is 4.79 Å². The zero-order chi connectivity index (χ0) is 18.7. The van der Waals surface area contributed by atoms with E-state index in [1.54, 1.807) is 40.4 Å². The maximum absolute atomic E-state index is 12.1. The molecule has 0 bridgehead atoms. The quantitative estimate of drug-likeness (QED) is 0.618. The van der Waals surface area contributed by atoms with Crippen molar-refractivity contribution < 1.29 is 4.79 Å². The molecule has 0 saturated heterocycles. The van der Waals surface area contributed by atoms with Crippen LogP contribution in [-0.2, 0) is 5.41 Å². The number of urea groups is 1. The third-order valence-electron chi connectivity index (χ3n) is 3.78. The van der Waals surface area contributed by atoms with E-state index in [0.717, 1.165) is 21.2 Å². The van der Waals surface area contributed by atoms with Crippen LogP contribution in [0.4, 0.5) is 16.2 Å². The Balaban J connectivity index is 1.85. The van der Waals surface area contributed by atoms with Crippen molar-refractivity contribution in [2.75, 3.05) is 4.90 Å². The molecule has 0 atom stereocenters. The van der Waals surface area contributed by atoms with E-state index in [0.29, 0.717) is 0 Å². The van der Waals surface area contributed by atoms with Crippen LogP contribution in [0.1, 0.15) is 25.6 Å². The molecule has 6 heteroatoms. The number of nitrogens with zero attached hydrogens (tertiary/aromatic N) is 2. The number of benzene rings is 1. The normalized spacial score (nSPS) is 11.3. The number of carbonyl (C=O) groups is 1. The Hall–Kier alpha value is -2.31. The predicted octanol–water partition coefficient (Wildman–Crippen LogP) is 5.81. The fourth-order valence-corrected chi connectivity index (χ4v) is 4.21. The Morgan fingerprint density at radius 1 is 1.04 bits per heavy atom. The van der Waals surface area contributed by atoms with Gasteiger partial charge in [0.15, 0.2) is 0 Å². The number of aromatic nitrogens is 1. The molecule has 0 saturated carbocycles. The lowest BCUT2D eigenvalue weighted by Crippen LogP contribution is -2.31. The Labute approximate surface area is 162 Å². The summed E-state index contributed by atoms with van der Waals surface area (Å²) in [6.07, 6.45) is 3.55. The van der Waals surface area contributed by atoms with Gasteiger partial charge in [0, 0.05) is 32.4 Å². The van der Waals surface area contributed by atoms with Gasteiger partial charge >= 0.3 is 6.03 Å². The molecule has 26 heavy (non-hydrogen) atoms. The van der Waals surface area contributed by atoms with Gasteiger partial charge in [-0.05, 0) is 47.9 Å². The molecule has 0 aliphatic rings. The van der Waals surface area contributed by atoms with Crippen molar-refractivity contribution >= 4 is 40.5 Å². The van der Waals surface area contributed by atoms with E-state index in [-0.39, 0.29) is 5.41 Å². The number of anilines is 2. The summed E-state index contributed by atoms with van der Waals surface area (Å²) < 4.78 is 0. The van der Waals surface area contributed by atoms with Crippen molar-refractivity contribution in [2.24, 2.45) is 5.73 Å². The number of amides is 2. The number of nitrogens with two attached hydrogens (primary N) is 1. The number of primary amides is 1. The van der Waals surface area contributed by atoms with Gasteiger partial charge in [0.25, 0.3) is 0 Å². The Kier molecular flexibility index (Phi) is 5.34. The molecule has 1 aromatic carbocycles. The van der Waals surface area contributed by atoms with Crippen LogP contribution in [0.25, 0.3) is 0 Å². The van der Waals surface area contributed by atoms with Crippen LogP contribution in [0.5, 0.6) is 0 Å². The highest BCUT2D eigenvalue weighted by Gasteiger charge is 2.21. The first-order valence-corrected chi connectivity index (χ1v) is 9.91. The van der Waals surface area contributed by atoms with Crippen LogP contribution < -0.4 is 10.6 Å². The molecule has 134 valence electrons. The summed E-state index contributed by atoms with van der Waals surface area (Å²) in [5.74, 6) is 0. The monoisotopic (exact) mass is 383 g/mol. The van der Waals surface area contributed by atoms with Gasteiger partial charge in [-0.15, -0.1) is 11.3 Å². The Bertz CT molecular complexity index is 883. The van der Waals surface area contributed by atoms with Gasteiger partial charge in [0.1, 0.15) is 0 Å². The summed E-state index contributed by atoms with van der Waals surface area (Å²) >= 11 is 3.29. The van der Waals surface area contributed by atoms with E-state index < -0.39 is 6.03 Å². The summed E-state index contributed by atoms with van der Waals surface area (Å²) in [5.41, 5.74) is 7.27. The van der Waals surface area contributed by atoms with Gasteiger partial charge in [-0.25, -0.2) is 4.79 Å². The van der Waals surface area contributed by atoms with Gasteiger partial charge in [-0.2, -0.15) is 0 Å². The fraction of sp³-hybridized carbons (Fsp3) is 0.200. The molecule has 0 aliphatic carbocycles. The second-order valence-electron chi connectivity index (χ2n) is 6.87. The first-order valence-electron chi connectivity index (χ1n) is 8.21. The highest BCUT2D eigenvalue weighted by molar-refractivity contribution is 7.99. The minimum Gasteiger partial charge on any atom is -0.351 e. The molecular formula is C20H21N3OS2. The molecule has 2 aromatic heterocycles. The van der Waals surface area contributed by atoms with Crippen molar-refractivity contribution in [3.8, 4) is 0 Å². The molecule has 3 aromatic rings. The number of pyridine rings is 1. The molecule has 2 heterocycles. The molecule has 3 rings (SSSR count). The summed E-state index contributed by atoms with van der Waals surface area (Å²) in [7, 11) is 0. The van der Waals surface area contributed by atoms with Crippen LogP contribution in [0, 0.1) is 0 Å². The van der Waals surface area contributed by atoms with Crippen LogP contribution in [0.15, 0.2) is 70.0 Å². The van der Waals surface area contributed by atoms with Gasteiger partial charge in [-0.3, -0.25) is 9.88 Å². The van der Waals surface area contributed by atoms with Crippen LogP contribution in [0.2, 0.25) is 0 Å². The molecule has 0 aliphatic heterocycles. The Morgan fingerprint density at radius 2 is 1.65 bits per heavy atom. The summed E-state index contributed by atoms with van der Waals surface area (Å²) in [4.78, 5) is 21.1. The maximum atomic E-state index is 12.1. The smallest absolute Gasteiger partial charge is 0.323 e. The number of rotatable bonds is 4. The zero-order valence-electron chi connectivity index (χ0n) is 15.0. The van der Waals surface area contributed by atoms with E-state index in [1.807, 2.05) is 47.8 Å². The lowest BCUT2D eigenvalue weighted by atomic mass is 9.94. The standard InChI is InChI=1S/C20H21N3OS2/c1-20(2,3)18-12-15(13-25-18)23(19(21)24)14-4-6-16(7-5-14)26-17-8-10-22-11-9-17/h4-13H,1-3H3,(H2,21,24). The lowest BCUT2D eigenvalue weighted by Gasteiger charge is -2.20. The highest BCUT2D eigenvalue weighted by atomic mass is 32.2. The first-order chi connectivity index (χ1) is 12.3. The third-order valence-corrected chi connectivity index (χ3v) is 6.14. The molecule has 2 N–H and O–H groups in total. The molecule has 0 radical (unpaired) electrons. The summed E-state index contributed by atoms with van der Waals surface area (Å²) in [5, 5.41) is 1.98. The van der Waals surface area contributed by atoms with Crippen molar-refractivity contribution in [2.45, 2.75) is 36.0 Å². The molecule has 4 nitrogen and oxygen atoms in total. The number of hydrogen-bond donors (Lipinski definition) is 1. The first kappa shape index (κ1) is 18.5. The van der Waals surface area contributed by atoms with Crippen molar-refractivity contribution in [1.29, 1.82) is 0 Å². The van der Waals surface area contributed by atoms with Gasteiger partial charge < -0.3 is 5.73 Å². The van der Waals surface area contributed by atoms with Crippen molar-refractivity contribution in [1.82, 2.24) is 4.98 Å². The van der Waals surface area contributed by atoms with Crippen LogP contribution in [0.3, 0.4) is 0 Å². The number of hydrogen-bond acceptors (Lipinski definition) is 4. The highest BCUT2D eigenvalue weighted by Crippen LogP contribution is 2.36. The average Bonchev–Trinajstić information content (AvgIpc) is 3.07. The molecule has 0 unspecified atom stereocenters. The van der Waals surface area contributed by atoms with Crippen LogP contribution >= 0.6 is 23.1 Å². The van der Waals surface area contributed by atoms with Crippen molar-refractivity contribution in [3.63, 3.8) is 0 Å². The average molecular weight is 384 g/mol. The lowest BCUT2D eigenvalue weighted by molar-refractivity contribution is 0.256. The minimum atomic E-state index is -0.488. The summed E-state index contributed by atoms with van der Waals surface area (Å²) in [6, 6.07) is 13.3. The second-order valence-corrected chi connectivity index (χ2v) is 8.93. The predicted molar refractivity (Wildman–Crippen MR) is 110 cm³/mol. The SMILES string of the molecule is CC(C)(C)c1cc(N(C(N)=O)c2ccc(Sc3ccncc3)cc2)cs1. The zero-order valence-corrected chi connectivity index (χ0v) is 16.6. The van der Waals surface area contributed by atoms with Gasteiger partial charge in [0.2, 0.25) is 0 Å². The maximum Gasteiger partial charge on any atom is 0.323 e. The molecule has 2 amide bonds.